The Morgan fingerprint density at radius 2 is 2.05 bits per heavy atom. The third-order valence-corrected chi connectivity index (χ3v) is 4.05. The van der Waals surface area contributed by atoms with Crippen molar-refractivity contribution in [1.29, 1.82) is 0 Å². The second kappa shape index (κ2) is 7.88. The van der Waals surface area contributed by atoms with E-state index in [0.717, 1.165) is 23.2 Å². The lowest BCUT2D eigenvalue weighted by atomic mass is 10.0. The van der Waals surface area contributed by atoms with Gasteiger partial charge in [0, 0.05) is 23.6 Å². The monoisotopic (exact) mass is 328 g/mol. The molecular weight excluding hydrogens is 304 g/mol. The van der Waals surface area contributed by atoms with Crippen molar-refractivity contribution in [2.75, 3.05) is 27.2 Å². The van der Waals surface area contributed by atoms with Crippen molar-refractivity contribution in [1.82, 2.24) is 4.90 Å². The number of nitrogens with zero attached hydrogens (tertiary/aromatic N) is 1. The van der Waals surface area contributed by atoms with E-state index in [1.54, 1.807) is 7.11 Å². The standard InChI is InChI=1S/C15H25BrN2O/c1-11(2)14(10-17)18(3)8-7-12-9-13(16)5-6-15(12)19-4/h5-6,9,11,14H,7-8,10,17H2,1-4H3. The number of rotatable bonds is 7. The number of benzene rings is 1. The van der Waals surface area contributed by atoms with Crippen LogP contribution in [0, 0.1) is 5.92 Å². The Kier molecular flexibility index (Phi) is 6.83. The Hall–Kier alpha value is -0.580. The van der Waals surface area contributed by atoms with Crippen molar-refractivity contribution in [2.45, 2.75) is 26.3 Å². The molecule has 0 fully saturated rings. The summed E-state index contributed by atoms with van der Waals surface area (Å²) in [7, 11) is 3.86. The minimum atomic E-state index is 0.429. The molecule has 0 aliphatic rings. The highest BCUT2D eigenvalue weighted by Gasteiger charge is 2.17. The highest BCUT2D eigenvalue weighted by molar-refractivity contribution is 9.10. The number of hydrogen-bond acceptors (Lipinski definition) is 3. The first-order valence-corrected chi connectivity index (χ1v) is 7.51. The van der Waals surface area contributed by atoms with Crippen LogP contribution in [0.1, 0.15) is 19.4 Å². The summed E-state index contributed by atoms with van der Waals surface area (Å²) in [6.45, 7) is 6.11. The molecule has 3 nitrogen and oxygen atoms in total. The predicted molar refractivity (Wildman–Crippen MR) is 84.7 cm³/mol. The number of halogens is 1. The van der Waals surface area contributed by atoms with Crippen molar-refractivity contribution in [3.8, 4) is 5.75 Å². The molecule has 0 aliphatic heterocycles. The molecule has 4 heteroatoms. The third-order valence-electron chi connectivity index (χ3n) is 3.55. The number of ether oxygens (including phenoxy) is 1. The molecule has 1 aromatic carbocycles. The quantitative estimate of drug-likeness (QED) is 0.836. The van der Waals surface area contributed by atoms with Crippen molar-refractivity contribution < 1.29 is 4.74 Å². The third kappa shape index (κ3) is 4.79. The van der Waals surface area contributed by atoms with Gasteiger partial charge < -0.3 is 15.4 Å². The summed E-state index contributed by atoms with van der Waals surface area (Å²) >= 11 is 3.51. The minimum Gasteiger partial charge on any atom is -0.496 e. The zero-order valence-corrected chi connectivity index (χ0v) is 13.9. The molecule has 0 radical (unpaired) electrons. The zero-order chi connectivity index (χ0) is 14.4. The Morgan fingerprint density at radius 3 is 2.58 bits per heavy atom. The Balaban J connectivity index is 2.68. The summed E-state index contributed by atoms with van der Waals surface area (Å²) in [4.78, 5) is 2.34. The van der Waals surface area contributed by atoms with Crippen LogP contribution in [0.25, 0.3) is 0 Å². The van der Waals surface area contributed by atoms with Gasteiger partial charge in [0.2, 0.25) is 0 Å². The molecule has 0 saturated carbocycles. The van der Waals surface area contributed by atoms with Gasteiger partial charge in [-0.3, -0.25) is 0 Å². The van der Waals surface area contributed by atoms with Crippen LogP contribution in [0.4, 0.5) is 0 Å². The van der Waals surface area contributed by atoms with Gasteiger partial charge in [0.15, 0.2) is 0 Å². The molecule has 108 valence electrons. The number of methoxy groups -OCH3 is 1. The van der Waals surface area contributed by atoms with Gasteiger partial charge in [0.25, 0.3) is 0 Å². The van der Waals surface area contributed by atoms with E-state index in [0.29, 0.717) is 18.5 Å². The highest BCUT2D eigenvalue weighted by Crippen LogP contribution is 2.23. The van der Waals surface area contributed by atoms with Gasteiger partial charge in [-0.05, 0) is 43.1 Å². The molecule has 0 heterocycles. The first-order valence-electron chi connectivity index (χ1n) is 6.72. The molecule has 1 rings (SSSR count). The normalized spacial score (nSPS) is 13.1. The van der Waals surface area contributed by atoms with Gasteiger partial charge in [-0.2, -0.15) is 0 Å². The van der Waals surface area contributed by atoms with E-state index in [-0.39, 0.29) is 0 Å². The van der Waals surface area contributed by atoms with E-state index in [1.165, 1.54) is 5.56 Å². The lowest BCUT2D eigenvalue weighted by molar-refractivity contribution is 0.199. The average Bonchev–Trinajstić information content (AvgIpc) is 2.37. The average molecular weight is 329 g/mol. The predicted octanol–water partition coefficient (Wildman–Crippen LogP) is 2.92. The maximum absolute atomic E-state index is 5.85. The first kappa shape index (κ1) is 16.5. The number of hydrogen-bond donors (Lipinski definition) is 1. The van der Waals surface area contributed by atoms with Crippen LogP contribution in [0.3, 0.4) is 0 Å². The summed E-state index contributed by atoms with van der Waals surface area (Å²) in [5, 5.41) is 0. The van der Waals surface area contributed by atoms with Crippen LogP contribution < -0.4 is 10.5 Å². The summed E-state index contributed by atoms with van der Waals surface area (Å²) in [5.74, 6) is 1.52. The van der Waals surface area contributed by atoms with Gasteiger partial charge in [0.05, 0.1) is 7.11 Å². The molecule has 0 spiro atoms. The van der Waals surface area contributed by atoms with Crippen LogP contribution in [-0.2, 0) is 6.42 Å². The Labute approximate surface area is 125 Å². The van der Waals surface area contributed by atoms with E-state index >= 15 is 0 Å². The van der Waals surface area contributed by atoms with Gasteiger partial charge in [-0.15, -0.1) is 0 Å². The van der Waals surface area contributed by atoms with Crippen molar-refractivity contribution in [3.05, 3.63) is 28.2 Å². The second-order valence-electron chi connectivity index (χ2n) is 5.23. The fraction of sp³-hybridized carbons (Fsp3) is 0.600. The lowest BCUT2D eigenvalue weighted by Crippen LogP contribution is -2.42. The summed E-state index contributed by atoms with van der Waals surface area (Å²) in [5.41, 5.74) is 7.08. The minimum absolute atomic E-state index is 0.429. The molecule has 19 heavy (non-hydrogen) atoms. The molecule has 0 aliphatic carbocycles. The van der Waals surface area contributed by atoms with Gasteiger partial charge in [-0.25, -0.2) is 0 Å². The van der Waals surface area contributed by atoms with E-state index in [9.17, 15) is 0 Å². The van der Waals surface area contributed by atoms with Gasteiger partial charge in [0.1, 0.15) is 5.75 Å². The smallest absolute Gasteiger partial charge is 0.122 e. The number of likely N-dealkylation sites (N-methyl/N-ethyl adjacent to an activating group) is 1. The Bertz CT molecular complexity index is 396. The topological polar surface area (TPSA) is 38.5 Å². The van der Waals surface area contributed by atoms with E-state index in [4.69, 9.17) is 10.5 Å². The van der Waals surface area contributed by atoms with Crippen molar-refractivity contribution in [3.63, 3.8) is 0 Å². The van der Waals surface area contributed by atoms with Gasteiger partial charge in [-0.1, -0.05) is 29.8 Å². The number of nitrogens with two attached hydrogens (primary N) is 1. The summed E-state index contributed by atoms with van der Waals surface area (Å²) < 4.78 is 6.49. The van der Waals surface area contributed by atoms with Crippen LogP contribution in [0.15, 0.2) is 22.7 Å². The first-order chi connectivity index (χ1) is 8.99. The van der Waals surface area contributed by atoms with E-state index in [2.05, 4.69) is 47.8 Å². The molecule has 1 aromatic rings. The van der Waals surface area contributed by atoms with E-state index < -0.39 is 0 Å². The highest BCUT2D eigenvalue weighted by atomic mass is 79.9. The maximum atomic E-state index is 5.85. The molecule has 1 atom stereocenters. The van der Waals surface area contributed by atoms with Crippen LogP contribution in [0.2, 0.25) is 0 Å². The van der Waals surface area contributed by atoms with Crippen LogP contribution in [0.5, 0.6) is 5.75 Å². The SMILES string of the molecule is COc1ccc(Br)cc1CCN(C)C(CN)C(C)C. The summed E-state index contributed by atoms with van der Waals surface area (Å²) in [6.07, 6.45) is 0.961. The summed E-state index contributed by atoms with van der Waals surface area (Å²) in [6, 6.07) is 6.56. The molecule has 0 bridgehead atoms. The van der Waals surface area contributed by atoms with Crippen LogP contribution >= 0.6 is 15.9 Å². The fourth-order valence-corrected chi connectivity index (χ4v) is 2.77. The second-order valence-corrected chi connectivity index (χ2v) is 6.15. The molecule has 0 saturated heterocycles. The lowest BCUT2D eigenvalue weighted by Gasteiger charge is -2.30. The largest absolute Gasteiger partial charge is 0.496 e. The van der Waals surface area contributed by atoms with Crippen molar-refractivity contribution in [2.24, 2.45) is 11.7 Å². The van der Waals surface area contributed by atoms with Crippen LogP contribution in [-0.4, -0.2) is 38.2 Å². The zero-order valence-electron chi connectivity index (χ0n) is 12.3. The Morgan fingerprint density at radius 1 is 1.37 bits per heavy atom. The molecule has 0 amide bonds. The molecular formula is C15H25BrN2O. The maximum Gasteiger partial charge on any atom is 0.122 e. The molecule has 1 unspecified atom stereocenters. The van der Waals surface area contributed by atoms with Crippen molar-refractivity contribution >= 4 is 15.9 Å². The molecule has 2 N–H and O–H groups in total. The van der Waals surface area contributed by atoms with Gasteiger partial charge >= 0.3 is 0 Å². The fourth-order valence-electron chi connectivity index (χ4n) is 2.37. The van der Waals surface area contributed by atoms with E-state index in [1.807, 2.05) is 12.1 Å². The molecule has 0 aromatic heterocycles.